The Hall–Kier alpha value is -3.19. The fourth-order valence-electron chi connectivity index (χ4n) is 3.20. The first-order chi connectivity index (χ1) is 14.2. The molecule has 29 heavy (non-hydrogen) atoms. The third kappa shape index (κ3) is 4.81. The van der Waals surface area contributed by atoms with Crippen LogP contribution in [0.15, 0.2) is 54.6 Å². The maximum atomic E-state index is 13.1. The van der Waals surface area contributed by atoms with Gasteiger partial charge in [-0.1, -0.05) is 35.5 Å². The van der Waals surface area contributed by atoms with Crippen LogP contribution in [0.2, 0.25) is 0 Å². The number of nitrogens with one attached hydrogen (secondary N) is 1. The van der Waals surface area contributed by atoms with Crippen LogP contribution in [0.4, 0.5) is 11.4 Å². The molecular formula is C22H27N5O2. The first-order valence-corrected chi connectivity index (χ1v) is 9.82. The van der Waals surface area contributed by atoms with Crippen LogP contribution in [0.5, 0.6) is 0 Å². The number of benzene rings is 2. The van der Waals surface area contributed by atoms with E-state index in [-0.39, 0.29) is 5.91 Å². The number of aromatic nitrogens is 3. The van der Waals surface area contributed by atoms with Gasteiger partial charge in [0.1, 0.15) is 5.69 Å². The van der Waals surface area contributed by atoms with E-state index in [2.05, 4.69) is 34.4 Å². The van der Waals surface area contributed by atoms with Crippen molar-refractivity contribution in [1.82, 2.24) is 15.0 Å². The van der Waals surface area contributed by atoms with E-state index in [1.54, 1.807) is 11.8 Å². The van der Waals surface area contributed by atoms with Gasteiger partial charge in [0.2, 0.25) is 0 Å². The molecule has 1 amide bonds. The van der Waals surface area contributed by atoms with Gasteiger partial charge >= 0.3 is 0 Å². The zero-order chi connectivity index (χ0) is 20.6. The molecule has 0 unspecified atom stereocenters. The van der Waals surface area contributed by atoms with Crippen molar-refractivity contribution in [3.63, 3.8) is 0 Å². The molecule has 0 atom stereocenters. The van der Waals surface area contributed by atoms with E-state index in [0.29, 0.717) is 24.5 Å². The fraction of sp³-hybridized carbons (Fsp3) is 0.318. The second-order valence-electron chi connectivity index (χ2n) is 6.54. The summed E-state index contributed by atoms with van der Waals surface area (Å²) in [5.41, 5.74) is 3.67. The predicted octanol–water partition coefficient (Wildman–Crippen LogP) is 3.69. The Morgan fingerprint density at radius 3 is 2.38 bits per heavy atom. The first-order valence-electron chi connectivity index (χ1n) is 9.82. The number of methoxy groups -OCH3 is 1. The first kappa shape index (κ1) is 20.5. The molecule has 7 nitrogen and oxygen atoms in total. The zero-order valence-corrected chi connectivity index (χ0v) is 17.1. The molecule has 0 saturated heterocycles. The molecule has 152 valence electrons. The smallest absolute Gasteiger partial charge is 0.276 e. The third-order valence-electron chi connectivity index (χ3n) is 4.76. The number of anilines is 2. The lowest BCUT2D eigenvalue weighted by Gasteiger charge is -2.21. The standard InChI is InChI=1S/C22H27N5O2/c1-4-26(5-2)19-13-11-18(12-14-19)23-22(28)21-20(17-9-7-6-8-10-17)24-25-27(21)15-16-29-3/h6-14H,4-5,15-16H2,1-3H3,(H,23,28). The molecular weight excluding hydrogens is 366 g/mol. The zero-order valence-electron chi connectivity index (χ0n) is 17.1. The van der Waals surface area contributed by atoms with Crippen molar-refractivity contribution in [2.75, 3.05) is 37.0 Å². The van der Waals surface area contributed by atoms with E-state index in [9.17, 15) is 4.79 Å². The van der Waals surface area contributed by atoms with Gasteiger partial charge in [-0.2, -0.15) is 0 Å². The summed E-state index contributed by atoms with van der Waals surface area (Å²) in [6.45, 7) is 7.01. The van der Waals surface area contributed by atoms with E-state index in [0.717, 1.165) is 30.0 Å². The summed E-state index contributed by atoms with van der Waals surface area (Å²) in [4.78, 5) is 15.4. The minimum atomic E-state index is -0.249. The summed E-state index contributed by atoms with van der Waals surface area (Å²) < 4.78 is 6.73. The van der Waals surface area contributed by atoms with Crippen LogP contribution in [0, 0.1) is 0 Å². The number of ether oxygens (including phenoxy) is 1. The lowest BCUT2D eigenvalue weighted by Crippen LogP contribution is -2.22. The van der Waals surface area contributed by atoms with Crippen molar-refractivity contribution in [3.05, 3.63) is 60.3 Å². The van der Waals surface area contributed by atoms with E-state index in [1.807, 2.05) is 54.6 Å². The average molecular weight is 393 g/mol. The van der Waals surface area contributed by atoms with E-state index in [4.69, 9.17) is 4.74 Å². The van der Waals surface area contributed by atoms with Gasteiger partial charge in [0.25, 0.3) is 5.91 Å². The molecule has 1 aromatic heterocycles. The number of hydrogen-bond acceptors (Lipinski definition) is 5. The topological polar surface area (TPSA) is 72.3 Å². The number of hydrogen-bond donors (Lipinski definition) is 1. The molecule has 0 aliphatic rings. The number of nitrogens with zero attached hydrogens (tertiary/aromatic N) is 4. The Morgan fingerprint density at radius 2 is 1.76 bits per heavy atom. The maximum Gasteiger partial charge on any atom is 0.276 e. The summed E-state index contributed by atoms with van der Waals surface area (Å²) in [6, 6.07) is 17.4. The van der Waals surface area contributed by atoms with Gasteiger partial charge in [-0.05, 0) is 38.1 Å². The number of carbonyl (C=O) groups excluding carboxylic acids is 1. The lowest BCUT2D eigenvalue weighted by atomic mass is 10.1. The molecule has 0 aliphatic heterocycles. The SMILES string of the molecule is CCN(CC)c1ccc(NC(=O)c2c(-c3ccccc3)nnn2CCOC)cc1. The monoisotopic (exact) mass is 393 g/mol. The Morgan fingerprint density at radius 1 is 1.07 bits per heavy atom. The highest BCUT2D eigenvalue weighted by molar-refractivity contribution is 6.06. The Labute approximate surface area is 171 Å². The van der Waals surface area contributed by atoms with Crippen molar-refractivity contribution in [3.8, 4) is 11.3 Å². The quantitative estimate of drug-likeness (QED) is 0.600. The summed E-state index contributed by atoms with van der Waals surface area (Å²) in [5.74, 6) is -0.249. The van der Waals surface area contributed by atoms with Crippen molar-refractivity contribution in [2.24, 2.45) is 0 Å². The van der Waals surface area contributed by atoms with Gasteiger partial charge in [-0.15, -0.1) is 5.10 Å². The lowest BCUT2D eigenvalue weighted by molar-refractivity contribution is 0.101. The predicted molar refractivity (Wildman–Crippen MR) is 115 cm³/mol. The molecule has 0 fully saturated rings. The highest BCUT2D eigenvalue weighted by Gasteiger charge is 2.21. The normalized spacial score (nSPS) is 10.7. The molecule has 1 N–H and O–H groups in total. The Bertz CT molecular complexity index is 918. The second-order valence-corrected chi connectivity index (χ2v) is 6.54. The fourth-order valence-corrected chi connectivity index (χ4v) is 3.20. The highest BCUT2D eigenvalue weighted by atomic mass is 16.5. The minimum Gasteiger partial charge on any atom is -0.383 e. The van der Waals surface area contributed by atoms with Crippen LogP contribution in [-0.4, -0.2) is 47.7 Å². The Balaban J connectivity index is 1.86. The molecule has 1 heterocycles. The minimum absolute atomic E-state index is 0.249. The number of amides is 1. The Kier molecular flexibility index (Phi) is 6.97. The van der Waals surface area contributed by atoms with Gasteiger partial charge in [0.05, 0.1) is 13.2 Å². The number of rotatable bonds is 9. The van der Waals surface area contributed by atoms with Crippen LogP contribution >= 0.6 is 0 Å². The molecule has 0 aliphatic carbocycles. The van der Waals surface area contributed by atoms with Crippen LogP contribution < -0.4 is 10.2 Å². The largest absolute Gasteiger partial charge is 0.383 e. The molecule has 3 aromatic rings. The van der Waals surface area contributed by atoms with E-state index >= 15 is 0 Å². The van der Waals surface area contributed by atoms with Crippen LogP contribution in [0.1, 0.15) is 24.3 Å². The summed E-state index contributed by atoms with van der Waals surface area (Å²) in [7, 11) is 1.62. The van der Waals surface area contributed by atoms with Gasteiger partial charge in [0, 0.05) is 37.1 Å². The van der Waals surface area contributed by atoms with Crippen molar-refractivity contribution >= 4 is 17.3 Å². The average Bonchev–Trinajstić information content (AvgIpc) is 3.19. The van der Waals surface area contributed by atoms with Crippen LogP contribution in [0.3, 0.4) is 0 Å². The molecule has 0 bridgehead atoms. The molecule has 0 spiro atoms. The summed E-state index contributed by atoms with van der Waals surface area (Å²) in [6.07, 6.45) is 0. The summed E-state index contributed by atoms with van der Waals surface area (Å²) in [5, 5.41) is 11.4. The van der Waals surface area contributed by atoms with Gasteiger partial charge in [-0.25, -0.2) is 4.68 Å². The second kappa shape index (κ2) is 9.84. The van der Waals surface area contributed by atoms with Crippen molar-refractivity contribution in [2.45, 2.75) is 20.4 Å². The van der Waals surface area contributed by atoms with Gasteiger partial charge < -0.3 is 15.0 Å². The van der Waals surface area contributed by atoms with Crippen LogP contribution in [0.25, 0.3) is 11.3 Å². The van der Waals surface area contributed by atoms with E-state index in [1.165, 1.54) is 0 Å². The highest BCUT2D eigenvalue weighted by Crippen LogP contribution is 2.23. The molecule has 3 rings (SSSR count). The maximum absolute atomic E-state index is 13.1. The van der Waals surface area contributed by atoms with Gasteiger partial charge in [-0.3, -0.25) is 4.79 Å². The van der Waals surface area contributed by atoms with Crippen LogP contribution in [-0.2, 0) is 11.3 Å². The molecule has 7 heteroatoms. The molecule has 2 aromatic carbocycles. The third-order valence-corrected chi connectivity index (χ3v) is 4.76. The summed E-state index contributed by atoms with van der Waals surface area (Å²) >= 11 is 0. The van der Waals surface area contributed by atoms with Crippen molar-refractivity contribution in [1.29, 1.82) is 0 Å². The van der Waals surface area contributed by atoms with Crippen molar-refractivity contribution < 1.29 is 9.53 Å². The molecule has 0 saturated carbocycles. The molecule has 0 radical (unpaired) electrons. The van der Waals surface area contributed by atoms with E-state index < -0.39 is 0 Å². The van der Waals surface area contributed by atoms with Gasteiger partial charge in [0.15, 0.2) is 5.69 Å². The number of carbonyl (C=O) groups is 1.